The summed E-state index contributed by atoms with van der Waals surface area (Å²) in [6.45, 7) is 7.04. The summed E-state index contributed by atoms with van der Waals surface area (Å²) in [5.41, 5.74) is 5.58. The molecule has 1 amide bonds. The number of nitrogens with one attached hydrogen (secondary N) is 1. The molecule has 0 aromatic carbocycles. The highest BCUT2D eigenvalue weighted by Gasteiger charge is 2.02. The molecule has 3 N–H and O–H groups in total. The van der Waals surface area contributed by atoms with Crippen molar-refractivity contribution in [1.29, 1.82) is 0 Å². The van der Waals surface area contributed by atoms with Gasteiger partial charge in [-0.25, -0.2) is 0 Å². The third-order valence-corrected chi connectivity index (χ3v) is 2.99. The second-order valence-corrected chi connectivity index (χ2v) is 5.46. The summed E-state index contributed by atoms with van der Waals surface area (Å²) in [7, 11) is 0. The van der Waals surface area contributed by atoms with Crippen molar-refractivity contribution in [3.63, 3.8) is 0 Å². The molecule has 0 aliphatic rings. The Labute approximate surface area is 110 Å². The van der Waals surface area contributed by atoms with Crippen LogP contribution in [0.15, 0.2) is 0 Å². The van der Waals surface area contributed by atoms with E-state index in [1.54, 1.807) is 11.8 Å². The predicted octanol–water partition coefficient (Wildman–Crippen LogP) is 2.04. The molecule has 1 atom stereocenters. The quantitative estimate of drug-likeness (QED) is 0.663. The van der Waals surface area contributed by atoms with Crippen molar-refractivity contribution >= 4 is 30.1 Å². The van der Waals surface area contributed by atoms with Crippen molar-refractivity contribution in [2.75, 3.05) is 18.1 Å². The topological polar surface area (TPSA) is 55.1 Å². The van der Waals surface area contributed by atoms with Crippen LogP contribution in [0.5, 0.6) is 0 Å². The summed E-state index contributed by atoms with van der Waals surface area (Å²) in [5.74, 6) is 2.49. The molecule has 5 heteroatoms. The smallest absolute Gasteiger partial charge is 0.229 e. The fraction of sp³-hybridized carbons (Fsp3) is 0.909. The lowest BCUT2D eigenvalue weighted by molar-refractivity contribution is -0.118. The van der Waals surface area contributed by atoms with Crippen LogP contribution in [0.1, 0.15) is 33.6 Å². The van der Waals surface area contributed by atoms with Crippen LogP contribution in [0, 0.1) is 5.92 Å². The molecule has 0 aromatic rings. The molecular formula is C11H25ClN2OS. The lowest BCUT2D eigenvalue weighted by Crippen LogP contribution is -2.30. The second kappa shape index (κ2) is 11.6. The highest BCUT2D eigenvalue weighted by molar-refractivity contribution is 7.99. The Kier molecular flexibility index (Phi) is 13.3. The highest BCUT2D eigenvalue weighted by atomic mass is 35.5. The molecule has 0 saturated heterocycles. The van der Waals surface area contributed by atoms with E-state index >= 15 is 0 Å². The van der Waals surface area contributed by atoms with Gasteiger partial charge in [0, 0.05) is 12.6 Å². The number of halogens is 1. The Morgan fingerprint density at radius 1 is 1.31 bits per heavy atom. The number of thioether (sulfide) groups is 1. The minimum absolute atomic E-state index is 0. The Morgan fingerprint density at radius 3 is 2.44 bits per heavy atom. The van der Waals surface area contributed by atoms with Crippen LogP contribution in [0.25, 0.3) is 0 Å². The van der Waals surface area contributed by atoms with E-state index in [-0.39, 0.29) is 24.4 Å². The second-order valence-electron chi connectivity index (χ2n) is 4.35. The molecule has 16 heavy (non-hydrogen) atoms. The predicted molar refractivity (Wildman–Crippen MR) is 75.3 cm³/mol. The number of rotatable bonds is 8. The fourth-order valence-electron chi connectivity index (χ4n) is 0.974. The number of nitrogens with two attached hydrogens (primary N) is 1. The summed E-state index contributed by atoms with van der Waals surface area (Å²) in [6, 6.07) is 0.166. The van der Waals surface area contributed by atoms with Crippen molar-refractivity contribution < 1.29 is 4.79 Å². The summed E-state index contributed by atoms with van der Waals surface area (Å²) < 4.78 is 0. The first kappa shape index (κ1) is 18.4. The molecule has 0 radical (unpaired) electrons. The average molecular weight is 269 g/mol. The van der Waals surface area contributed by atoms with E-state index < -0.39 is 0 Å². The van der Waals surface area contributed by atoms with Crippen LogP contribution in [0.4, 0.5) is 0 Å². The molecule has 98 valence electrons. The van der Waals surface area contributed by atoms with Crippen molar-refractivity contribution in [3.05, 3.63) is 0 Å². The molecule has 0 fully saturated rings. The van der Waals surface area contributed by atoms with Crippen molar-refractivity contribution in [2.24, 2.45) is 11.7 Å². The van der Waals surface area contributed by atoms with Gasteiger partial charge in [0.15, 0.2) is 0 Å². The highest BCUT2D eigenvalue weighted by Crippen LogP contribution is 2.07. The molecule has 0 aromatic heterocycles. The van der Waals surface area contributed by atoms with Gasteiger partial charge in [0.25, 0.3) is 0 Å². The molecular weight excluding hydrogens is 244 g/mol. The van der Waals surface area contributed by atoms with Gasteiger partial charge in [-0.2, -0.15) is 11.8 Å². The van der Waals surface area contributed by atoms with Crippen molar-refractivity contribution in [1.82, 2.24) is 5.32 Å². The fourth-order valence-corrected chi connectivity index (χ4v) is 2.04. The zero-order valence-corrected chi connectivity index (χ0v) is 12.1. The van der Waals surface area contributed by atoms with E-state index in [1.807, 2.05) is 6.92 Å². The van der Waals surface area contributed by atoms with Crippen LogP contribution < -0.4 is 11.1 Å². The molecule has 0 aliphatic heterocycles. The Balaban J connectivity index is 0. The van der Waals surface area contributed by atoms with Gasteiger partial charge >= 0.3 is 0 Å². The minimum atomic E-state index is 0. The first-order chi connectivity index (χ1) is 7.02. The number of amides is 1. The van der Waals surface area contributed by atoms with Crippen molar-refractivity contribution in [2.45, 2.75) is 39.7 Å². The SMILES string of the molecule is CC(C)CCSCC(=O)NCCC(C)N.Cl. The largest absolute Gasteiger partial charge is 0.355 e. The Bertz CT molecular complexity index is 177. The van der Waals surface area contributed by atoms with Crippen LogP contribution in [0.3, 0.4) is 0 Å². The van der Waals surface area contributed by atoms with Gasteiger partial charge in [-0.05, 0) is 31.4 Å². The Morgan fingerprint density at radius 2 is 1.94 bits per heavy atom. The molecule has 0 saturated carbocycles. The number of hydrogen-bond acceptors (Lipinski definition) is 3. The van der Waals surface area contributed by atoms with E-state index in [2.05, 4.69) is 19.2 Å². The van der Waals surface area contributed by atoms with E-state index in [1.165, 1.54) is 6.42 Å². The summed E-state index contributed by atoms with van der Waals surface area (Å²) in [6.07, 6.45) is 2.03. The first-order valence-electron chi connectivity index (χ1n) is 5.62. The maximum atomic E-state index is 11.3. The van der Waals surface area contributed by atoms with Gasteiger partial charge in [-0.15, -0.1) is 12.4 Å². The average Bonchev–Trinajstić information content (AvgIpc) is 2.11. The third kappa shape index (κ3) is 14.1. The number of carbonyl (C=O) groups excluding carboxylic acids is 1. The maximum Gasteiger partial charge on any atom is 0.229 e. The molecule has 0 heterocycles. The number of carbonyl (C=O) groups is 1. The number of hydrogen-bond donors (Lipinski definition) is 2. The minimum Gasteiger partial charge on any atom is -0.355 e. The first-order valence-corrected chi connectivity index (χ1v) is 6.78. The zero-order valence-electron chi connectivity index (χ0n) is 10.5. The maximum absolute atomic E-state index is 11.3. The molecule has 0 spiro atoms. The van der Waals surface area contributed by atoms with Crippen LogP contribution >= 0.6 is 24.2 Å². The van der Waals surface area contributed by atoms with E-state index in [0.29, 0.717) is 12.3 Å². The summed E-state index contributed by atoms with van der Waals surface area (Å²) >= 11 is 1.71. The molecule has 1 unspecified atom stereocenters. The molecule has 0 bridgehead atoms. The van der Waals surface area contributed by atoms with Crippen LogP contribution in [0.2, 0.25) is 0 Å². The zero-order chi connectivity index (χ0) is 11.7. The van der Waals surface area contributed by atoms with Gasteiger partial charge in [0.05, 0.1) is 5.75 Å². The molecule has 0 rings (SSSR count). The van der Waals surface area contributed by atoms with E-state index in [4.69, 9.17) is 5.73 Å². The lowest BCUT2D eigenvalue weighted by Gasteiger charge is -2.07. The lowest BCUT2D eigenvalue weighted by atomic mass is 10.2. The van der Waals surface area contributed by atoms with Crippen LogP contribution in [-0.2, 0) is 4.79 Å². The van der Waals surface area contributed by atoms with E-state index in [0.717, 1.165) is 18.1 Å². The molecule has 3 nitrogen and oxygen atoms in total. The summed E-state index contributed by atoms with van der Waals surface area (Å²) in [4.78, 5) is 11.3. The third-order valence-electron chi connectivity index (χ3n) is 1.99. The molecule has 0 aliphatic carbocycles. The normalized spacial score (nSPS) is 12.1. The Hall–Kier alpha value is 0.0700. The van der Waals surface area contributed by atoms with Crippen LogP contribution in [-0.4, -0.2) is 30.0 Å². The van der Waals surface area contributed by atoms with Crippen molar-refractivity contribution in [3.8, 4) is 0 Å². The van der Waals surface area contributed by atoms with Gasteiger partial charge in [0.2, 0.25) is 5.91 Å². The van der Waals surface area contributed by atoms with Gasteiger partial charge in [-0.1, -0.05) is 13.8 Å². The van der Waals surface area contributed by atoms with E-state index in [9.17, 15) is 4.79 Å². The van der Waals surface area contributed by atoms with Gasteiger partial charge in [-0.3, -0.25) is 4.79 Å². The van der Waals surface area contributed by atoms with Gasteiger partial charge in [0.1, 0.15) is 0 Å². The van der Waals surface area contributed by atoms with Gasteiger partial charge < -0.3 is 11.1 Å². The summed E-state index contributed by atoms with van der Waals surface area (Å²) in [5, 5.41) is 2.86. The standard InChI is InChI=1S/C11H24N2OS.ClH/c1-9(2)5-7-15-8-11(14)13-6-4-10(3)12;/h9-10H,4-8,12H2,1-3H3,(H,13,14);1H. The monoisotopic (exact) mass is 268 g/mol.